The highest BCUT2D eigenvalue weighted by Crippen LogP contribution is 2.11. The number of hydrogen-bond acceptors (Lipinski definition) is 2. The van der Waals surface area contributed by atoms with Crippen LogP contribution in [0.2, 0.25) is 5.15 Å². The van der Waals surface area contributed by atoms with Crippen molar-refractivity contribution in [3.05, 3.63) is 8.85 Å². The molecule has 0 bridgehead atoms. The number of halogens is 2. The van der Waals surface area contributed by atoms with Crippen LogP contribution in [0.4, 0.5) is 0 Å². The van der Waals surface area contributed by atoms with E-state index < -0.39 is 0 Å². The Kier molecular flexibility index (Phi) is 1.71. The fourth-order valence-corrected chi connectivity index (χ4v) is 0.838. The van der Waals surface area contributed by atoms with Crippen LogP contribution >= 0.6 is 34.2 Å². The monoisotopic (exact) mass is 243 g/mol. The molecule has 1 heterocycles. The van der Waals surface area contributed by atoms with Gasteiger partial charge in [0.25, 0.3) is 0 Å². The third-order valence-electron chi connectivity index (χ3n) is 0.721. The Morgan fingerprint density at radius 3 is 2.50 bits per heavy atom. The first-order valence-electron chi connectivity index (χ1n) is 1.92. The average Bonchev–Trinajstić information content (AvgIpc) is 1.98. The summed E-state index contributed by atoms with van der Waals surface area (Å²) in [7, 11) is 1.75. The Hall–Kier alpha value is 0.160. The van der Waals surface area contributed by atoms with Gasteiger partial charge in [0.1, 0.15) is 0 Å². The Morgan fingerprint density at radius 2 is 2.38 bits per heavy atom. The number of aryl methyl sites for hydroxylation is 1. The van der Waals surface area contributed by atoms with Gasteiger partial charge in [-0.25, -0.2) is 4.68 Å². The van der Waals surface area contributed by atoms with Gasteiger partial charge < -0.3 is 0 Å². The molecule has 0 aliphatic carbocycles. The zero-order chi connectivity index (χ0) is 6.15. The van der Waals surface area contributed by atoms with E-state index in [4.69, 9.17) is 11.6 Å². The first kappa shape index (κ1) is 6.28. The summed E-state index contributed by atoms with van der Waals surface area (Å²) < 4.78 is 2.26. The molecule has 0 radical (unpaired) electrons. The molecule has 0 aliphatic heterocycles. The molecule has 8 heavy (non-hydrogen) atoms. The molecule has 3 nitrogen and oxygen atoms in total. The fraction of sp³-hybridized carbons (Fsp3) is 0.333. The lowest BCUT2D eigenvalue weighted by Gasteiger charge is -1.83. The molecule has 1 aromatic rings. The van der Waals surface area contributed by atoms with Gasteiger partial charge in [0.05, 0.1) is 0 Å². The number of aromatic nitrogens is 3. The van der Waals surface area contributed by atoms with Gasteiger partial charge in [-0.05, 0) is 22.6 Å². The lowest BCUT2D eigenvalue weighted by Crippen LogP contribution is -1.88. The highest BCUT2D eigenvalue weighted by Gasteiger charge is 2.00. The molecule has 0 spiro atoms. The second-order valence-corrected chi connectivity index (χ2v) is 2.67. The first-order valence-corrected chi connectivity index (χ1v) is 3.38. The lowest BCUT2D eigenvalue weighted by atomic mass is 10.9. The first-order chi connectivity index (χ1) is 3.72. The van der Waals surface area contributed by atoms with Crippen LogP contribution in [0.25, 0.3) is 0 Å². The highest BCUT2D eigenvalue weighted by atomic mass is 127. The summed E-state index contributed by atoms with van der Waals surface area (Å²) in [5, 5.41) is 7.91. The molecule has 5 heteroatoms. The minimum atomic E-state index is 0.589. The number of nitrogens with zero attached hydrogens (tertiary/aromatic N) is 3. The normalized spacial score (nSPS) is 9.88. The smallest absolute Gasteiger partial charge is 0.162 e. The van der Waals surface area contributed by atoms with E-state index in [1.54, 1.807) is 7.05 Å². The van der Waals surface area contributed by atoms with E-state index in [1.165, 1.54) is 4.68 Å². The van der Waals surface area contributed by atoms with Crippen molar-refractivity contribution < 1.29 is 0 Å². The Bertz CT molecular complexity index is 177. The third-order valence-corrected chi connectivity index (χ3v) is 2.19. The molecule has 0 saturated carbocycles. The van der Waals surface area contributed by atoms with Crippen molar-refractivity contribution in [2.75, 3.05) is 0 Å². The van der Waals surface area contributed by atoms with Crippen LogP contribution in [0.5, 0.6) is 0 Å². The maximum Gasteiger partial charge on any atom is 0.162 e. The van der Waals surface area contributed by atoms with Crippen molar-refractivity contribution in [2.45, 2.75) is 0 Å². The molecule has 1 aromatic heterocycles. The SMILES string of the molecule is Cn1nnc(I)c1Cl. The molecule has 0 fully saturated rings. The van der Waals surface area contributed by atoms with Crippen molar-refractivity contribution in [3.63, 3.8) is 0 Å². The predicted octanol–water partition coefficient (Wildman–Crippen LogP) is 1.07. The number of rotatable bonds is 0. The largest absolute Gasteiger partial charge is 0.236 e. The maximum absolute atomic E-state index is 5.62. The van der Waals surface area contributed by atoms with Crippen molar-refractivity contribution in [1.29, 1.82) is 0 Å². The second-order valence-electron chi connectivity index (χ2n) is 1.29. The van der Waals surface area contributed by atoms with Crippen LogP contribution in [-0.2, 0) is 7.05 Å². The minimum Gasteiger partial charge on any atom is -0.236 e. The molecule has 0 aromatic carbocycles. The molecule has 1 rings (SSSR count). The molecular weight excluding hydrogens is 240 g/mol. The van der Waals surface area contributed by atoms with Gasteiger partial charge in [-0.2, -0.15) is 0 Å². The van der Waals surface area contributed by atoms with E-state index in [2.05, 4.69) is 10.3 Å². The molecular formula is C3H3ClIN3. The van der Waals surface area contributed by atoms with Crippen LogP contribution < -0.4 is 0 Å². The summed E-state index contributed by atoms with van der Waals surface area (Å²) in [6.07, 6.45) is 0. The molecule has 0 aliphatic rings. The van der Waals surface area contributed by atoms with Gasteiger partial charge in [0.15, 0.2) is 8.85 Å². The van der Waals surface area contributed by atoms with Gasteiger partial charge in [0, 0.05) is 7.05 Å². The summed E-state index contributed by atoms with van der Waals surface area (Å²) in [6.45, 7) is 0. The zero-order valence-electron chi connectivity index (χ0n) is 4.10. The van der Waals surface area contributed by atoms with Crippen molar-refractivity contribution in [3.8, 4) is 0 Å². The number of hydrogen-bond donors (Lipinski definition) is 0. The second kappa shape index (κ2) is 2.18. The molecule has 44 valence electrons. The molecule has 0 unspecified atom stereocenters. The van der Waals surface area contributed by atoms with Gasteiger partial charge >= 0.3 is 0 Å². The van der Waals surface area contributed by atoms with Gasteiger partial charge in [0.2, 0.25) is 0 Å². The van der Waals surface area contributed by atoms with Crippen LogP contribution in [0, 0.1) is 3.70 Å². The molecule has 0 atom stereocenters. The minimum absolute atomic E-state index is 0.589. The highest BCUT2D eigenvalue weighted by molar-refractivity contribution is 14.1. The van der Waals surface area contributed by atoms with Crippen LogP contribution in [0.1, 0.15) is 0 Å². The Balaban J connectivity index is 3.19. The maximum atomic E-state index is 5.62. The molecule has 0 amide bonds. The van der Waals surface area contributed by atoms with Crippen LogP contribution in [0.3, 0.4) is 0 Å². The van der Waals surface area contributed by atoms with E-state index in [0.29, 0.717) is 5.15 Å². The molecule has 0 saturated heterocycles. The summed E-state index contributed by atoms with van der Waals surface area (Å²) in [6, 6.07) is 0. The Labute approximate surface area is 65.2 Å². The van der Waals surface area contributed by atoms with Gasteiger partial charge in [-0.3, -0.25) is 0 Å². The van der Waals surface area contributed by atoms with E-state index in [9.17, 15) is 0 Å². The van der Waals surface area contributed by atoms with Gasteiger partial charge in [-0.15, -0.1) is 5.10 Å². The standard InChI is InChI=1S/C3H3ClIN3/c1-8-2(4)3(5)6-7-8/h1H3. The molecule has 0 N–H and O–H groups in total. The van der Waals surface area contributed by atoms with Crippen molar-refractivity contribution in [2.24, 2.45) is 7.05 Å². The van der Waals surface area contributed by atoms with E-state index >= 15 is 0 Å². The summed E-state index contributed by atoms with van der Waals surface area (Å²) in [4.78, 5) is 0. The van der Waals surface area contributed by atoms with E-state index in [1.807, 2.05) is 22.6 Å². The van der Waals surface area contributed by atoms with Gasteiger partial charge in [-0.1, -0.05) is 16.8 Å². The van der Waals surface area contributed by atoms with E-state index in [-0.39, 0.29) is 0 Å². The van der Waals surface area contributed by atoms with Crippen LogP contribution in [0.15, 0.2) is 0 Å². The third kappa shape index (κ3) is 0.947. The lowest BCUT2D eigenvalue weighted by molar-refractivity contribution is 0.715. The average molecular weight is 243 g/mol. The van der Waals surface area contributed by atoms with Crippen molar-refractivity contribution >= 4 is 34.2 Å². The van der Waals surface area contributed by atoms with Crippen molar-refractivity contribution in [1.82, 2.24) is 15.0 Å². The summed E-state index contributed by atoms with van der Waals surface area (Å²) >= 11 is 7.64. The Morgan fingerprint density at radius 1 is 1.75 bits per heavy atom. The predicted molar refractivity (Wildman–Crippen MR) is 38.7 cm³/mol. The zero-order valence-corrected chi connectivity index (χ0v) is 7.01. The fourth-order valence-electron chi connectivity index (χ4n) is 0.320. The van der Waals surface area contributed by atoms with Crippen LogP contribution in [-0.4, -0.2) is 15.0 Å². The van der Waals surface area contributed by atoms with E-state index in [0.717, 1.165) is 3.70 Å². The quantitative estimate of drug-likeness (QED) is 0.638. The summed E-state index contributed by atoms with van der Waals surface area (Å²) in [5.41, 5.74) is 0. The summed E-state index contributed by atoms with van der Waals surface area (Å²) in [5.74, 6) is 0. The topological polar surface area (TPSA) is 30.7 Å².